The Kier molecular flexibility index (Phi) is 4.60. The van der Waals surface area contributed by atoms with Crippen molar-refractivity contribution in [2.24, 2.45) is 5.73 Å². The number of rotatable bonds is 4. The van der Waals surface area contributed by atoms with Gasteiger partial charge in [-0.15, -0.1) is 0 Å². The van der Waals surface area contributed by atoms with Crippen molar-refractivity contribution in [3.63, 3.8) is 0 Å². The summed E-state index contributed by atoms with van der Waals surface area (Å²) in [6.45, 7) is 1.84. The Labute approximate surface area is 136 Å². The molecule has 0 amide bonds. The standard InChI is InChI=1S/C13H12BrN3O2S2/c1-8-6-12(16-7-10(8)14)17-21(18,19)11-5-3-2-4-9(11)13(15)20/h2-7H,1H3,(H2,15,20)(H,16,17). The van der Waals surface area contributed by atoms with Crippen molar-refractivity contribution < 1.29 is 8.42 Å². The Morgan fingerprint density at radius 3 is 2.67 bits per heavy atom. The number of aryl methyl sites for hydroxylation is 1. The number of nitrogens with zero attached hydrogens (tertiary/aromatic N) is 1. The third-order valence-corrected chi connectivity index (χ3v) is 5.19. The maximum Gasteiger partial charge on any atom is 0.263 e. The number of aromatic nitrogens is 1. The van der Waals surface area contributed by atoms with Crippen molar-refractivity contribution in [1.29, 1.82) is 0 Å². The van der Waals surface area contributed by atoms with Crippen LogP contribution in [0.5, 0.6) is 0 Å². The highest BCUT2D eigenvalue weighted by atomic mass is 79.9. The van der Waals surface area contributed by atoms with Gasteiger partial charge in [0.2, 0.25) is 0 Å². The second-order valence-electron chi connectivity index (χ2n) is 4.28. The lowest BCUT2D eigenvalue weighted by molar-refractivity contribution is 0.601. The van der Waals surface area contributed by atoms with Crippen molar-refractivity contribution in [2.75, 3.05) is 4.72 Å². The Bertz CT molecular complexity index is 807. The van der Waals surface area contributed by atoms with Crippen LogP contribution in [-0.2, 0) is 10.0 Å². The summed E-state index contributed by atoms with van der Waals surface area (Å²) in [4.78, 5) is 4.07. The van der Waals surface area contributed by atoms with Gasteiger partial charge >= 0.3 is 0 Å². The molecule has 2 rings (SSSR count). The molecule has 0 bridgehead atoms. The molecule has 21 heavy (non-hydrogen) atoms. The normalized spacial score (nSPS) is 11.1. The van der Waals surface area contributed by atoms with Gasteiger partial charge in [0.15, 0.2) is 0 Å². The van der Waals surface area contributed by atoms with E-state index in [0.29, 0.717) is 5.56 Å². The van der Waals surface area contributed by atoms with Crippen molar-refractivity contribution in [1.82, 2.24) is 4.98 Å². The van der Waals surface area contributed by atoms with Crippen LogP contribution in [0.2, 0.25) is 0 Å². The molecule has 0 fully saturated rings. The van der Waals surface area contributed by atoms with Crippen molar-refractivity contribution >= 4 is 49.0 Å². The molecule has 1 heterocycles. The summed E-state index contributed by atoms with van der Waals surface area (Å²) in [5.41, 5.74) is 6.73. The van der Waals surface area contributed by atoms with Crippen molar-refractivity contribution in [3.8, 4) is 0 Å². The molecule has 2 aromatic rings. The van der Waals surface area contributed by atoms with E-state index in [-0.39, 0.29) is 15.7 Å². The van der Waals surface area contributed by atoms with Crippen LogP contribution in [0.3, 0.4) is 0 Å². The fourth-order valence-electron chi connectivity index (χ4n) is 1.69. The molecule has 1 aromatic heterocycles. The van der Waals surface area contributed by atoms with E-state index in [1.807, 2.05) is 6.92 Å². The predicted octanol–water partition coefficient (Wildman–Crippen LogP) is 2.59. The maximum absolute atomic E-state index is 12.4. The van der Waals surface area contributed by atoms with E-state index in [1.54, 1.807) is 24.3 Å². The Morgan fingerprint density at radius 2 is 2.05 bits per heavy atom. The van der Waals surface area contributed by atoms with Gasteiger partial charge in [0.25, 0.3) is 10.0 Å². The minimum atomic E-state index is -3.81. The van der Waals surface area contributed by atoms with Crippen LogP contribution in [0.25, 0.3) is 0 Å². The Hall–Kier alpha value is -1.51. The lowest BCUT2D eigenvalue weighted by Crippen LogP contribution is -2.20. The Morgan fingerprint density at radius 1 is 1.38 bits per heavy atom. The summed E-state index contributed by atoms with van der Waals surface area (Å²) >= 11 is 8.20. The summed E-state index contributed by atoms with van der Waals surface area (Å²) in [5.74, 6) is 0.230. The minimum Gasteiger partial charge on any atom is -0.389 e. The van der Waals surface area contributed by atoms with Crippen LogP contribution in [0.4, 0.5) is 5.82 Å². The largest absolute Gasteiger partial charge is 0.389 e. The topological polar surface area (TPSA) is 85.1 Å². The molecule has 0 aliphatic carbocycles. The first-order chi connectivity index (χ1) is 9.81. The van der Waals surface area contributed by atoms with E-state index < -0.39 is 10.0 Å². The Balaban J connectivity index is 2.43. The highest BCUT2D eigenvalue weighted by molar-refractivity contribution is 9.10. The van der Waals surface area contributed by atoms with Crippen LogP contribution in [0.15, 0.2) is 45.9 Å². The van der Waals surface area contributed by atoms with E-state index >= 15 is 0 Å². The first kappa shape index (κ1) is 15.9. The van der Waals surface area contributed by atoms with Crippen molar-refractivity contribution in [2.45, 2.75) is 11.8 Å². The molecular formula is C13H12BrN3O2S2. The second kappa shape index (κ2) is 6.08. The molecule has 0 unspecified atom stereocenters. The smallest absolute Gasteiger partial charge is 0.263 e. The quantitative estimate of drug-likeness (QED) is 0.789. The SMILES string of the molecule is Cc1cc(NS(=O)(=O)c2ccccc2C(N)=S)ncc1Br. The number of sulfonamides is 1. The number of nitrogens with two attached hydrogens (primary N) is 1. The lowest BCUT2D eigenvalue weighted by Gasteiger charge is -2.11. The van der Waals surface area contributed by atoms with Crippen LogP contribution >= 0.6 is 28.1 Å². The van der Waals surface area contributed by atoms with Crippen molar-refractivity contribution in [3.05, 3.63) is 52.1 Å². The van der Waals surface area contributed by atoms with Crippen LogP contribution in [-0.4, -0.2) is 18.4 Å². The molecule has 0 spiro atoms. The lowest BCUT2D eigenvalue weighted by atomic mass is 10.2. The van der Waals surface area contributed by atoms with Gasteiger partial charge in [-0.25, -0.2) is 13.4 Å². The number of nitrogens with one attached hydrogen (secondary N) is 1. The molecule has 3 N–H and O–H groups in total. The first-order valence-electron chi connectivity index (χ1n) is 5.85. The monoisotopic (exact) mass is 385 g/mol. The van der Waals surface area contributed by atoms with E-state index in [2.05, 4.69) is 25.6 Å². The van der Waals surface area contributed by atoms with E-state index in [0.717, 1.165) is 10.0 Å². The van der Waals surface area contributed by atoms with Crippen LogP contribution in [0, 0.1) is 6.92 Å². The molecule has 0 aliphatic rings. The number of anilines is 1. The van der Waals surface area contributed by atoms with Gasteiger partial charge in [-0.2, -0.15) is 0 Å². The summed E-state index contributed by atoms with van der Waals surface area (Å²) in [6, 6.07) is 7.93. The number of hydrogen-bond acceptors (Lipinski definition) is 4. The van der Waals surface area contributed by atoms with Crippen LogP contribution < -0.4 is 10.5 Å². The third-order valence-electron chi connectivity index (χ3n) is 2.73. The molecule has 0 aliphatic heterocycles. The average molecular weight is 386 g/mol. The van der Waals surface area contributed by atoms with Gasteiger partial charge in [0, 0.05) is 16.2 Å². The van der Waals surface area contributed by atoms with E-state index in [9.17, 15) is 8.42 Å². The summed E-state index contributed by atoms with van der Waals surface area (Å²) in [5, 5.41) is 0. The number of pyridine rings is 1. The third kappa shape index (κ3) is 3.58. The zero-order valence-corrected chi connectivity index (χ0v) is 14.2. The maximum atomic E-state index is 12.4. The van der Waals surface area contributed by atoms with Gasteiger partial charge in [-0.05, 0) is 40.5 Å². The number of thiocarbonyl (C=S) groups is 1. The highest BCUT2D eigenvalue weighted by Gasteiger charge is 2.20. The molecule has 0 atom stereocenters. The second-order valence-corrected chi connectivity index (χ2v) is 7.23. The number of benzene rings is 1. The molecule has 0 saturated carbocycles. The zero-order chi connectivity index (χ0) is 15.6. The first-order valence-corrected chi connectivity index (χ1v) is 8.53. The zero-order valence-electron chi connectivity index (χ0n) is 11.0. The summed E-state index contributed by atoms with van der Waals surface area (Å²) < 4.78 is 28.1. The predicted molar refractivity (Wildman–Crippen MR) is 89.8 cm³/mol. The molecule has 0 saturated heterocycles. The van der Waals surface area contributed by atoms with Gasteiger partial charge < -0.3 is 5.73 Å². The van der Waals surface area contributed by atoms with Gasteiger partial charge in [-0.3, -0.25) is 4.72 Å². The van der Waals surface area contributed by atoms with Crippen LogP contribution in [0.1, 0.15) is 11.1 Å². The van der Waals surface area contributed by atoms with E-state index in [1.165, 1.54) is 12.3 Å². The highest BCUT2D eigenvalue weighted by Crippen LogP contribution is 2.21. The number of hydrogen-bond donors (Lipinski definition) is 2. The molecule has 5 nitrogen and oxygen atoms in total. The fraction of sp³-hybridized carbons (Fsp3) is 0.0769. The van der Waals surface area contributed by atoms with Gasteiger partial charge in [-0.1, -0.05) is 30.4 Å². The molecule has 0 radical (unpaired) electrons. The summed E-state index contributed by atoms with van der Waals surface area (Å²) in [7, 11) is -3.81. The van der Waals surface area contributed by atoms with Gasteiger partial charge in [0.1, 0.15) is 10.8 Å². The molecule has 110 valence electrons. The number of halogens is 1. The van der Waals surface area contributed by atoms with Gasteiger partial charge in [0.05, 0.1) is 4.90 Å². The fourth-order valence-corrected chi connectivity index (χ4v) is 3.37. The molecule has 8 heteroatoms. The average Bonchev–Trinajstić information content (AvgIpc) is 2.42. The molecule has 1 aromatic carbocycles. The van der Waals surface area contributed by atoms with E-state index in [4.69, 9.17) is 18.0 Å². The minimum absolute atomic E-state index is 0.0240. The summed E-state index contributed by atoms with van der Waals surface area (Å²) in [6.07, 6.45) is 1.53. The molecular weight excluding hydrogens is 374 g/mol.